The van der Waals surface area contributed by atoms with Crippen LogP contribution in [0.5, 0.6) is 0 Å². The predicted octanol–water partition coefficient (Wildman–Crippen LogP) is 1.51. The quantitative estimate of drug-likeness (QED) is 0.445. The molecule has 6 nitrogen and oxygen atoms in total. The molecule has 0 aromatic carbocycles. The van der Waals surface area contributed by atoms with Crippen LogP contribution in [-0.2, 0) is 18.9 Å². The predicted molar refractivity (Wildman–Crippen MR) is 66.0 cm³/mol. The molecule has 1 aliphatic carbocycles. The Hall–Kier alpha value is -0.690. The number of hydrogen-bond acceptors (Lipinski definition) is 6. The number of hydrogen-bond donors (Lipinski definition) is 1. The molecule has 0 spiro atoms. The molecule has 3 fully saturated rings. The van der Waals surface area contributed by atoms with E-state index in [0.717, 1.165) is 0 Å². The molecule has 2 saturated heterocycles. The van der Waals surface area contributed by atoms with Gasteiger partial charge in [0.15, 0.2) is 11.6 Å². The van der Waals surface area contributed by atoms with Crippen molar-refractivity contribution in [2.75, 3.05) is 0 Å². The molecule has 19 heavy (non-hydrogen) atoms. The van der Waals surface area contributed by atoms with E-state index in [4.69, 9.17) is 24.2 Å². The van der Waals surface area contributed by atoms with Crippen molar-refractivity contribution >= 4 is 6.21 Å². The molecule has 0 amide bonds. The first-order chi connectivity index (χ1) is 8.81. The highest BCUT2D eigenvalue weighted by Gasteiger charge is 2.59. The van der Waals surface area contributed by atoms with Crippen molar-refractivity contribution in [2.45, 2.75) is 70.1 Å². The number of fused-ring (bicyclic) bond motifs is 3. The number of ether oxygens (including phenoxy) is 4. The van der Waals surface area contributed by atoms with Crippen LogP contribution in [0.2, 0.25) is 0 Å². The SMILES string of the molecule is CC1(C)O[C@@H]2[C@H](O1)[C@H](C=NO)C[C@H]1OC(C)(C)O[C@@H]21. The molecule has 0 bridgehead atoms. The summed E-state index contributed by atoms with van der Waals surface area (Å²) in [4.78, 5) is 0. The molecule has 0 radical (unpaired) electrons. The molecule has 0 aromatic rings. The van der Waals surface area contributed by atoms with Crippen molar-refractivity contribution in [3.63, 3.8) is 0 Å². The van der Waals surface area contributed by atoms with E-state index in [1.54, 1.807) is 0 Å². The fraction of sp³-hybridized carbons (Fsp3) is 0.923. The van der Waals surface area contributed by atoms with Crippen molar-refractivity contribution in [1.29, 1.82) is 0 Å². The highest BCUT2D eigenvalue weighted by atomic mass is 16.8. The Labute approximate surface area is 112 Å². The van der Waals surface area contributed by atoms with Crippen LogP contribution in [0.1, 0.15) is 34.1 Å². The lowest BCUT2D eigenvalue weighted by atomic mass is 9.81. The summed E-state index contributed by atoms with van der Waals surface area (Å²) in [6.07, 6.45) is 1.66. The van der Waals surface area contributed by atoms with E-state index in [0.29, 0.717) is 6.42 Å². The van der Waals surface area contributed by atoms with Crippen LogP contribution >= 0.6 is 0 Å². The molecule has 6 heteroatoms. The number of nitrogens with zero attached hydrogens (tertiary/aromatic N) is 1. The number of rotatable bonds is 1. The third kappa shape index (κ3) is 2.27. The molecular weight excluding hydrogens is 250 g/mol. The second kappa shape index (κ2) is 4.15. The summed E-state index contributed by atoms with van der Waals surface area (Å²) in [5.74, 6) is -1.29. The van der Waals surface area contributed by atoms with Gasteiger partial charge in [0.1, 0.15) is 12.2 Å². The van der Waals surface area contributed by atoms with Gasteiger partial charge in [-0.1, -0.05) is 0 Å². The average Bonchev–Trinajstić information content (AvgIpc) is 2.74. The van der Waals surface area contributed by atoms with Gasteiger partial charge in [0.2, 0.25) is 0 Å². The Bertz CT molecular complexity index is 394. The molecule has 3 rings (SSSR count). The van der Waals surface area contributed by atoms with Crippen LogP contribution in [0.15, 0.2) is 5.16 Å². The molecule has 3 aliphatic rings. The zero-order chi connectivity index (χ0) is 13.8. The first-order valence-corrected chi connectivity index (χ1v) is 6.70. The maximum absolute atomic E-state index is 8.81. The van der Waals surface area contributed by atoms with Gasteiger partial charge in [0.05, 0.1) is 12.2 Å². The largest absolute Gasteiger partial charge is 0.411 e. The third-order valence-electron chi connectivity index (χ3n) is 3.89. The lowest BCUT2D eigenvalue weighted by Gasteiger charge is -2.35. The first-order valence-electron chi connectivity index (χ1n) is 6.70. The van der Waals surface area contributed by atoms with Crippen LogP contribution in [0.3, 0.4) is 0 Å². The molecule has 108 valence electrons. The minimum atomic E-state index is -0.651. The summed E-state index contributed by atoms with van der Waals surface area (Å²) >= 11 is 0. The van der Waals surface area contributed by atoms with Crippen LogP contribution in [0.4, 0.5) is 0 Å². The van der Waals surface area contributed by atoms with Gasteiger partial charge in [0, 0.05) is 12.1 Å². The monoisotopic (exact) mass is 271 g/mol. The van der Waals surface area contributed by atoms with Gasteiger partial charge in [-0.05, 0) is 34.1 Å². The van der Waals surface area contributed by atoms with Gasteiger partial charge in [-0.3, -0.25) is 0 Å². The van der Waals surface area contributed by atoms with Crippen LogP contribution < -0.4 is 0 Å². The fourth-order valence-corrected chi connectivity index (χ4v) is 3.36. The summed E-state index contributed by atoms with van der Waals surface area (Å²) in [5.41, 5.74) is 0. The molecule has 5 atom stereocenters. The Kier molecular flexibility index (Phi) is 2.91. The van der Waals surface area contributed by atoms with E-state index in [-0.39, 0.29) is 30.3 Å². The second-order valence-electron chi connectivity index (χ2n) is 6.37. The van der Waals surface area contributed by atoms with Gasteiger partial charge in [-0.15, -0.1) is 5.16 Å². The lowest BCUT2D eigenvalue weighted by Crippen LogP contribution is -2.51. The van der Waals surface area contributed by atoms with Crippen molar-refractivity contribution in [3.8, 4) is 0 Å². The van der Waals surface area contributed by atoms with Gasteiger partial charge < -0.3 is 24.2 Å². The normalized spacial score (nSPS) is 47.3. The van der Waals surface area contributed by atoms with Crippen LogP contribution in [0.25, 0.3) is 0 Å². The summed E-state index contributed by atoms with van der Waals surface area (Å²) < 4.78 is 23.8. The zero-order valence-corrected chi connectivity index (χ0v) is 11.7. The van der Waals surface area contributed by atoms with Gasteiger partial charge in [-0.2, -0.15) is 0 Å². The molecule has 2 aliphatic heterocycles. The summed E-state index contributed by atoms with van der Waals surface area (Å²) in [6.45, 7) is 7.57. The smallest absolute Gasteiger partial charge is 0.163 e. The standard InChI is InChI=1S/C13H21NO5/c1-12(2)16-8-5-7(6-14-15)9-11(10(8)18-12)19-13(3,4)17-9/h6-11,15H,5H2,1-4H3/t7-,8+,9+,10+,11+/m0/s1. The van der Waals surface area contributed by atoms with Crippen molar-refractivity contribution in [2.24, 2.45) is 11.1 Å². The Morgan fingerprint density at radius 2 is 1.53 bits per heavy atom. The van der Waals surface area contributed by atoms with E-state index in [9.17, 15) is 0 Å². The minimum Gasteiger partial charge on any atom is -0.411 e. The Morgan fingerprint density at radius 3 is 2.21 bits per heavy atom. The maximum atomic E-state index is 8.81. The maximum Gasteiger partial charge on any atom is 0.163 e. The summed E-state index contributed by atoms with van der Waals surface area (Å²) in [6, 6.07) is 0. The topological polar surface area (TPSA) is 69.5 Å². The lowest BCUT2D eigenvalue weighted by molar-refractivity contribution is -0.176. The first kappa shape index (κ1) is 13.3. The second-order valence-corrected chi connectivity index (χ2v) is 6.37. The molecular formula is C13H21NO5. The fourth-order valence-electron chi connectivity index (χ4n) is 3.36. The Balaban J connectivity index is 1.88. The van der Waals surface area contributed by atoms with E-state index < -0.39 is 11.6 Å². The van der Waals surface area contributed by atoms with Crippen LogP contribution in [0, 0.1) is 5.92 Å². The molecule has 1 N–H and O–H groups in total. The molecule has 2 heterocycles. The van der Waals surface area contributed by atoms with E-state index in [2.05, 4.69) is 5.16 Å². The molecule has 0 unspecified atom stereocenters. The molecule has 1 saturated carbocycles. The zero-order valence-electron chi connectivity index (χ0n) is 11.7. The molecule has 0 aromatic heterocycles. The highest BCUT2D eigenvalue weighted by Crippen LogP contribution is 2.46. The van der Waals surface area contributed by atoms with Gasteiger partial charge >= 0.3 is 0 Å². The average molecular weight is 271 g/mol. The van der Waals surface area contributed by atoms with Gasteiger partial charge in [-0.25, -0.2) is 0 Å². The van der Waals surface area contributed by atoms with Crippen molar-refractivity contribution in [3.05, 3.63) is 0 Å². The minimum absolute atomic E-state index is 0.0319. The van der Waals surface area contributed by atoms with Gasteiger partial charge in [0.25, 0.3) is 0 Å². The third-order valence-corrected chi connectivity index (χ3v) is 3.89. The van der Waals surface area contributed by atoms with E-state index in [1.807, 2.05) is 27.7 Å². The summed E-state index contributed by atoms with van der Waals surface area (Å²) in [7, 11) is 0. The van der Waals surface area contributed by atoms with E-state index in [1.165, 1.54) is 6.21 Å². The van der Waals surface area contributed by atoms with Crippen molar-refractivity contribution in [1.82, 2.24) is 0 Å². The van der Waals surface area contributed by atoms with Crippen LogP contribution in [-0.4, -0.2) is 47.4 Å². The highest BCUT2D eigenvalue weighted by molar-refractivity contribution is 5.61. The van der Waals surface area contributed by atoms with Crippen molar-refractivity contribution < 1.29 is 24.2 Å². The Morgan fingerprint density at radius 1 is 0.947 bits per heavy atom. The van der Waals surface area contributed by atoms with E-state index >= 15 is 0 Å². The summed E-state index contributed by atoms with van der Waals surface area (Å²) in [5, 5.41) is 12.0. The number of oxime groups is 1.